The SMILES string of the molecule is C=C(C)COCCNC(=O)c1ccc(-c2nn[nH]n2)cc1. The maximum atomic E-state index is 11.9. The van der Waals surface area contributed by atoms with Crippen LogP contribution >= 0.6 is 0 Å². The highest BCUT2D eigenvalue weighted by molar-refractivity contribution is 5.94. The van der Waals surface area contributed by atoms with E-state index >= 15 is 0 Å². The fraction of sp³-hybridized carbons (Fsp3) is 0.286. The second kappa shape index (κ2) is 7.30. The van der Waals surface area contributed by atoms with Gasteiger partial charge in [0.15, 0.2) is 0 Å². The lowest BCUT2D eigenvalue weighted by Crippen LogP contribution is -2.27. The van der Waals surface area contributed by atoms with Crippen molar-refractivity contribution < 1.29 is 9.53 Å². The van der Waals surface area contributed by atoms with Crippen molar-refractivity contribution in [1.29, 1.82) is 0 Å². The van der Waals surface area contributed by atoms with Crippen LogP contribution in [0.4, 0.5) is 0 Å². The Labute approximate surface area is 122 Å². The molecule has 0 saturated heterocycles. The average molecular weight is 287 g/mol. The summed E-state index contributed by atoms with van der Waals surface area (Å²) in [6, 6.07) is 6.99. The van der Waals surface area contributed by atoms with Crippen molar-refractivity contribution in [2.24, 2.45) is 0 Å². The number of rotatable bonds is 7. The second-order valence-electron chi connectivity index (χ2n) is 4.58. The number of carbonyl (C=O) groups is 1. The fourth-order valence-electron chi connectivity index (χ4n) is 1.64. The van der Waals surface area contributed by atoms with Crippen molar-refractivity contribution in [3.8, 4) is 11.4 Å². The Morgan fingerprint density at radius 3 is 2.76 bits per heavy atom. The average Bonchev–Trinajstić information content (AvgIpc) is 3.01. The zero-order valence-corrected chi connectivity index (χ0v) is 11.8. The standard InChI is InChI=1S/C14H17N5O2/c1-10(2)9-21-8-7-15-14(20)12-5-3-11(4-6-12)13-16-18-19-17-13/h3-6H,1,7-9H2,2H3,(H,15,20)(H,16,17,18,19). The molecule has 1 aromatic carbocycles. The number of amides is 1. The summed E-state index contributed by atoms with van der Waals surface area (Å²) in [7, 11) is 0. The van der Waals surface area contributed by atoms with E-state index in [0.717, 1.165) is 11.1 Å². The number of hydrogen-bond acceptors (Lipinski definition) is 5. The van der Waals surface area contributed by atoms with Gasteiger partial charge >= 0.3 is 0 Å². The van der Waals surface area contributed by atoms with Crippen LogP contribution in [0.2, 0.25) is 0 Å². The summed E-state index contributed by atoms with van der Waals surface area (Å²) in [5.41, 5.74) is 2.32. The van der Waals surface area contributed by atoms with Crippen LogP contribution in [0.3, 0.4) is 0 Å². The molecule has 21 heavy (non-hydrogen) atoms. The molecule has 2 rings (SSSR count). The molecule has 0 saturated carbocycles. The summed E-state index contributed by atoms with van der Waals surface area (Å²) in [5, 5.41) is 16.4. The van der Waals surface area contributed by atoms with E-state index in [-0.39, 0.29) is 5.91 Å². The van der Waals surface area contributed by atoms with Crippen LogP contribution in [0.15, 0.2) is 36.4 Å². The van der Waals surface area contributed by atoms with Gasteiger partial charge in [0.2, 0.25) is 5.82 Å². The van der Waals surface area contributed by atoms with E-state index in [2.05, 4.69) is 32.5 Å². The number of H-pyrrole nitrogens is 1. The lowest BCUT2D eigenvalue weighted by molar-refractivity contribution is 0.0927. The van der Waals surface area contributed by atoms with Crippen LogP contribution in [-0.2, 0) is 4.74 Å². The first-order valence-electron chi connectivity index (χ1n) is 6.51. The molecule has 0 bridgehead atoms. The summed E-state index contributed by atoms with van der Waals surface area (Å²) < 4.78 is 5.31. The van der Waals surface area contributed by atoms with Gasteiger partial charge in [-0.25, -0.2) is 0 Å². The zero-order valence-electron chi connectivity index (χ0n) is 11.8. The topological polar surface area (TPSA) is 92.8 Å². The van der Waals surface area contributed by atoms with Gasteiger partial charge in [-0.05, 0) is 24.3 Å². The summed E-state index contributed by atoms with van der Waals surface area (Å²) in [6.45, 7) is 7.05. The Kier molecular flexibility index (Phi) is 5.16. The third-order valence-electron chi connectivity index (χ3n) is 2.63. The number of nitrogens with zero attached hydrogens (tertiary/aromatic N) is 3. The molecular weight excluding hydrogens is 270 g/mol. The van der Waals surface area contributed by atoms with Gasteiger partial charge in [0.05, 0.1) is 13.2 Å². The molecule has 0 aliphatic heterocycles. The highest BCUT2D eigenvalue weighted by Gasteiger charge is 2.07. The van der Waals surface area contributed by atoms with Crippen molar-refractivity contribution in [3.63, 3.8) is 0 Å². The minimum Gasteiger partial charge on any atom is -0.375 e. The highest BCUT2D eigenvalue weighted by atomic mass is 16.5. The minimum atomic E-state index is -0.145. The fourth-order valence-corrected chi connectivity index (χ4v) is 1.64. The third-order valence-corrected chi connectivity index (χ3v) is 2.63. The molecule has 7 heteroatoms. The Morgan fingerprint density at radius 2 is 2.14 bits per heavy atom. The summed E-state index contributed by atoms with van der Waals surface area (Å²) in [5.74, 6) is 0.351. The van der Waals surface area contributed by atoms with Gasteiger partial charge in [0.1, 0.15) is 0 Å². The summed E-state index contributed by atoms with van der Waals surface area (Å²) in [6.07, 6.45) is 0. The predicted octanol–water partition coefficient (Wildman–Crippen LogP) is 1.19. The van der Waals surface area contributed by atoms with Crippen LogP contribution in [0.25, 0.3) is 11.4 Å². The Hall–Kier alpha value is -2.54. The molecule has 0 atom stereocenters. The molecule has 1 aromatic heterocycles. The molecule has 0 unspecified atom stereocenters. The first-order valence-corrected chi connectivity index (χ1v) is 6.51. The van der Waals surface area contributed by atoms with Gasteiger partial charge in [-0.1, -0.05) is 24.3 Å². The van der Waals surface area contributed by atoms with Crippen molar-refractivity contribution in [2.45, 2.75) is 6.92 Å². The van der Waals surface area contributed by atoms with E-state index in [0.29, 0.717) is 31.1 Å². The largest absolute Gasteiger partial charge is 0.375 e. The molecule has 0 aliphatic rings. The van der Waals surface area contributed by atoms with Gasteiger partial charge in [0, 0.05) is 17.7 Å². The molecule has 7 nitrogen and oxygen atoms in total. The minimum absolute atomic E-state index is 0.145. The van der Waals surface area contributed by atoms with Crippen LogP contribution < -0.4 is 5.32 Å². The molecule has 0 spiro atoms. The monoisotopic (exact) mass is 287 g/mol. The van der Waals surface area contributed by atoms with E-state index in [9.17, 15) is 4.79 Å². The first kappa shape index (κ1) is 14.9. The van der Waals surface area contributed by atoms with Crippen molar-refractivity contribution in [2.75, 3.05) is 19.8 Å². The number of hydrogen-bond donors (Lipinski definition) is 2. The van der Waals surface area contributed by atoms with Crippen LogP contribution in [0.1, 0.15) is 17.3 Å². The third kappa shape index (κ3) is 4.50. The molecular formula is C14H17N5O2. The van der Waals surface area contributed by atoms with E-state index in [1.165, 1.54) is 0 Å². The lowest BCUT2D eigenvalue weighted by Gasteiger charge is -2.06. The Morgan fingerprint density at radius 1 is 1.38 bits per heavy atom. The van der Waals surface area contributed by atoms with Crippen molar-refractivity contribution >= 4 is 5.91 Å². The Bertz CT molecular complexity index is 592. The summed E-state index contributed by atoms with van der Waals surface area (Å²) >= 11 is 0. The van der Waals surface area contributed by atoms with Gasteiger partial charge in [-0.15, -0.1) is 10.2 Å². The number of nitrogens with one attached hydrogen (secondary N) is 2. The molecule has 0 fully saturated rings. The number of tetrazole rings is 1. The maximum absolute atomic E-state index is 11.9. The number of aromatic nitrogens is 4. The molecule has 1 amide bonds. The number of aromatic amines is 1. The highest BCUT2D eigenvalue weighted by Crippen LogP contribution is 2.13. The number of benzene rings is 1. The van der Waals surface area contributed by atoms with E-state index in [4.69, 9.17) is 4.74 Å². The summed E-state index contributed by atoms with van der Waals surface area (Å²) in [4.78, 5) is 11.9. The van der Waals surface area contributed by atoms with Gasteiger partial charge in [-0.3, -0.25) is 4.79 Å². The van der Waals surface area contributed by atoms with Gasteiger partial charge in [0.25, 0.3) is 5.91 Å². The van der Waals surface area contributed by atoms with E-state index in [1.807, 2.05) is 6.92 Å². The molecule has 0 aliphatic carbocycles. The first-order chi connectivity index (χ1) is 10.2. The number of ether oxygens (including phenoxy) is 1. The predicted molar refractivity (Wildman–Crippen MR) is 77.6 cm³/mol. The molecule has 2 N–H and O–H groups in total. The second-order valence-corrected chi connectivity index (χ2v) is 4.58. The lowest BCUT2D eigenvalue weighted by atomic mass is 10.1. The van der Waals surface area contributed by atoms with Gasteiger partial charge in [-0.2, -0.15) is 5.21 Å². The normalized spacial score (nSPS) is 10.3. The smallest absolute Gasteiger partial charge is 0.251 e. The van der Waals surface area contributed by atoms with Crippen molar-refractivity contribution in [3.05, 3.63) is 42.0 Å². The molecule has 0 radical (unpaired) electrons. The van der Waals surface area contributed by atoms with Gasteiger partial charge < -0.3 is 10.1 Å². The quantitative estimate of drug-likeness (QED) is 0.589. The van der Waals surface area contributed by atoms with E-state index in [1.54, 1.807) is 24.3 Å². The van der Waals surface area contributed by atoms with Crippen LogP contribution in [0.5, 0.6) is 0 Å². The molecule has 2 aromatic rings. The molecule has 1 heterocycles. The van der Waals surface area contributed by atoms with Crippen LogP contribution in [0, 0.1) is 0 Å². The van der Waals surface area contributed by atoms with Crippen molar-refractivity contribution in [1.82, 2.24) is 25.9 Å². The maximum Gasteiger partial charge on any atom is 0.251 e. The van der Waals surface area contributed by atoms with Crippen LogP contribution in [-0.4, -0.2) is 46.3 Å². The molecule has 110 valence electrons. The van der Waals surface area contributed by atoms with E-state index < -0.39 is 0 Å². The number of carbonyl (C=O) groups excluding carboxylic acids is 1. The zero-order chi connectivity index (χ0) is 15.1. The Balaban J connectivity index is 1.81.